The number of carboxylic acid groups (broad SMARTS) is 1. The monoisotopic (exact) mass is 334 g/mol. The highest BCUT2D eigenvalue weighted by Gasteiger charge is 2.42. The van der Waals surface area contributed by atoms with Gasteiger partial charge in [-0.25, -0.2) is 4.79 Å². The largest absolute Gasteiger partial charge is 0.478 e. The van der Waals surface area contributed by atoms with Crippen LogP contribution in [0.2, 0.25) is 0 Å². The minimum Gasteiger partial charge on any atom is -0.478 e. The number of halogens is 3. The number of alkyl halides is 3. The number of carbonyl (C=O) groups excluding carboxylic acids is 1. The quantitative estimate of drug-likeness (QED) is 0.856. The van der Waals surface area contributed by atoms with Crippen molar-refractivity contribution in [1.29, 1.82) is 0 Å². The second-order valence-corrected chi connectivity index (χ2v) is 5.41. The van der Waals surface area contributed by atoms with E-state index in [0.29, 0.717) is 25.7 Å². The van der Waals surface area contributed by atoms with Crippen molar-refractivity contribution in [3.63, 3.8) is 0 Å². The molecule has 23 heavy (non-hydrogen) atoms. The highest BCUT2D eigenvalue weighted by atomic mass is 19.4. The Bertz CT molecular complexity index is 589. The average Bonchev–Trinajstić information content (AvgIpc) is 2.93. The molecule has 6 nitrogen and oxygen atoms in total. The predicted octanol–water partition coefficient (Wildman–Crippen LogP) is 2.89. The lowest BCUT2D eigenvalue weighted by Gasteiger charge is -2.28. The molecule has 0 saturated heterocycles. The van der Waals surface area contributed by atoms with Crippen molar-refractivity contribution in [2.45, 2.75) is 44.8 Å². The van der Waals surface area contributed by atoms with Gasteiger partial charge in [-0.2, -0.15) is 18.3 Å². The molecule has 0 amide bonds. The van der Waals surface area contributed by atoms with Crippen LogP contribution in [0.1, 0.15) is 54.7 Å². The van der Waals surface area contributed by atoms with Gasteiger partial charge >= 0.3 is 18.1 Å². The zero-order valence-corrected chi connectivity index (χ0v) is 12.5. The zero-order chi connectivity index (χ0) is 17.2. The molecule has 128 valence electrons. The maximum atomic E-state index is 13.2. The molecule has 9 heteroatoms. The maximum Gasteiger partial charge on any atom is 0.433 e. The highest BCUT2D eigenvalue weighted by Crippen LogP contribution is 2.38. The second-order valence-electron chi connectivity index (χ2n) is 5.41. The van der Waals surface area contributed by atoms with Gasteiger partial charge in [0.2, 0.25) is 0 Å². The van der Waals surface area contributed by atoms with Gasteiger partial charge in [0.05, 0.1) is 24.8 Å². The van der Waals surface area contributed by atoms with Crippen LogP contribution in [0.15, 0.2) is 6.20 Å². The molecule has 2 rings (SSSR count). The molecule has 1 fully saturated rings. The lowest BCUT2D eigenvalue weighted by Crippen LogP contribution is -2.28. The molecule has 0 unspecified atom stereocenters. The van der Waals surface area contributed by atoms with Gasteiger partial charge in [0.1, 0.15) is 5.56 Å². The van der Waals surface area contributed by atoms with Crippen LogP contribution in [0.4, 0.5) is 13.2 Å². The molecule has 0 aromatic carbocycles. The molecule has 1 saturated carbocycles. The van der Waals surface area contributed by atoms with Crippen LogP contribution >= 0.6 is 0 Å². The standard InChI is InChI=1S/C14H17F3N2O4/c1-2-23-13(22)8-3-5-9(6-4-8)19-11(14(15,16)17)10(7-18-19)12(20)21/h7-9H,2-6H2,1H3,(H,20,21). The van der Waals surface area contributed by atoms with E-state index in [-0.39, 0.29) is 18.5 Å². The van der Waals surface area contributed by atoms with Gasteiger partial charge in [-0.1, -0.05) is 0 Å². The average molecular weight is 334 g/mol. The van der Waals surface area contributed by atoms with E-state index in [1.54, 1.807) is 6.92 Å². The van der Waals surface area contributed by atoms with Crippen molar-refractivity contribution in [3.8, 4) is 0 Å². The van der Waals surface area contributed by atoms with Gasteiger partial charge in [0.15, 0.2) is 5.69 Å². The first-order chi connectivity index (χ1) is 10.8. The van der Waals surface area contributed by atoms with Gasteiger partial charge in [-0.3, -0.25) is 9.48 Å². The highest BCUT2D eigenvalue weighted by molar-refractivity contribution is 5.88. The van der Waals surface area contributed by atoms with Crippen molar-refractivity contribution in [2.24, 2.45) is 5.92 Å². The van der Waals surface area contributed by atoms with Crippen LogP contribution in [0.25, 0.3) is 0 Å². The first-order valence-corrected chi connectivity index (χ1v) is 7.30. The van der Waals surface area contributed by atoms with Crippen molar-refractivity contribution in [1.82, 2.24) is 9.78 Å². The van der Waals surface area contributed by atoms with Crippen molar-refractivity contribution >= 4 is 11.9 Å². The van der Waals surface area contributed by atoms with Gasteiger partial charge in [0.25, 0.3) is 0 Å². The molecular weight excluding hydrogens is 317 g/mol. The summed E-state index contributed by atoms with van der Waals surface area (Å²) in [6, 6.07) is -0.578. The molecule has 1 aromatic rings. The summed E-state index contributed by atoms with van der Waals surface area (Å²) in [6.45, 7) is 1.95. The van der Waals surface area contributed by atoms with Gasteiger partial charge in [0, 0.05) is 0 Å². The molecule has 1 aliphatic rings. The number of hydrogen-bond donors (Lipinski definition) is 1. The smallest absolute Gasteiger partial charge is 0.433 e. The summed E-state index contributed by atoms with van der Waals surface area (Å²) in [7, 11) is 0. The van der Waals surface area contributed by atoms with E-state index in [1.807, 2.05) is 0 Å². The molecule has 0 bridgehead atoms. The lowest BCUT2D eigenvalue weighted by atomic mass is 9.86. The number of nitrogens with zero attached hydrogens (tertiary/aromatic N) is 2. The van der Waals surface area contributed by atoms with E-state index in [0.717, 1.165) is 10.9 Å². The Hall–Kier alpha value is -2.06. The van der Waals surface area contributed by atoms with E-state index in [1.165, 1.54) is 0 Å². The number of rotatable bonds is 4. The first kappa shape index (κ1) is 17.3. The van der Waals surface area contributed by atoms with E-state index in [2.05, 4.69) is 5.10 Å². The third-order valence-corrected chi connectivity index (χ3v) is 3.96. The number of aromatic carboxylic acids is 1. The molecule has 1 N–H and O–H groups in total. The van der Waals surface area contributed by atoms with E-state index in [4.69, 9.17) is 9.84 Å². The number of aromatic nitrogens is 2. The van der Waals surface area contributed by atoms with Crippen molar-refractivity contribution < 1.29 is 32.6 Å². The van der Waals surface area contributed by atoms with E-state index in [9.17, 15) is 22.8 Å². The SMILES string of the molecule is CCOC(=O)C1CCC(n2ncc(C(=O)O)c2C(F)(F)F)CC1. The summed E-state index contributed by atoms with van der Waals surface area (Å²) in [5.41, 5.74) is -2.10. The molecular formula is C14H17F3N2O4. The predicted molar refractivity (Wildman–Crippen MR) is 71.8 cm³/mol. The number of carbonyl (C=O) groups is 2. The molecule has 1 aliphatic carbocycles. The van der Waals surface area contributed by atoms with Crippen LogP contribution in [0, 0.1) is 5.92 Å². The van der Waals surface area contributed by atoms with Crippen LogP contribution in [-0.2, 0) is 15.7 Å². The Balaban J connectivity index is 2.18. The Kier molecular flexibility index (Phi) is 4.96. The Labute approximate surface area is 130 Å². The van der Waals surface area contributed by atoms with E-state index < -0.39 is 29.4 Å². The Morgan fingerprint density at radius 1 is 1.35 bits per heavy atom. The third-order valence-electron chi connectivity index (χ3n) is 3.96. The van der Waals surface area contributed by atoms with E-state index >= 15 is 0 Å². The minimum absolute atomic E-state index is 0.262. The fourth-order valence-corrected chi connectivity index (χ4v) is 2.89. The van der Waals surface area contributed by atoms with Crippen LogP contribution in [0.5, 0.6) is 0 Å². The Morgan fingerprint density at radius 2 is 1.96 bits per heavy atom. The van der Waals surface area contributed by atoms with Crippen molar-refractivity contribution in [3.05, 3.63) is 17.5 Å². The second kappa shape index (κ2) is 6.59. The molecule has 0 radical (unpaired) electrons. The van der Waals surface area contributed by atoms with Crippen LogP contribution < -0.4 is 0 Å². The molecule has 1 aromatic heterocycles. The van der Waals surface area contributed by atoms with Crippen LogP contribution in [-0.4, -0.2) is 33.4 Å². The van der Waals surface area contributed by atoms with Gasteiger partial charge < -0.3 is 9.84 Å². The molecule has 0 atom stereocenters. The molecule has 0 aliphatic heterocycles. The zero-order valence-electron chi connectivity index (χ0n) is 12.5. The summed E-state index contributed by atoms with van der Waals surface area (Å²) >= 11 is 0. The number of ether oxygens (including phenoxy) is 1. The fourth-order valence-electron chi connectivity index (χ4n) is 2.89. The maximum absolute atomic E-state index is 13.2. The molecule has 0 spiro atoms. The summed E-state index contributed by atoms with van der Waals surface area (Å²) < 4.78 is 45.2. The van der Waals surface area contributed by atoms with Crippen LogP contribution in [0.3, 0.4) is 0 Å². The number of carboxylic acids is 1. The third kappa shape index (κ3) is 3.65. The summed E-state index contributed by atoms with van der Waals surface area (Å²) in [4.78, 5) is 22.6. The summed E-state index contributed by atoms with van der Waals surface area (Å²) in [5.74, 6) is -2.33. The number of hydrogen-bond acceptors (Lipinski definition) is 4. The normalized spacial score (nSPS) is 21.9. The minimum atomic E-state index is -4.80. The number of esters is 1. The lowest BCUT2D eigenvalue weighted by molar-refractivity contribution is -0.151. The molecule has 1 heterocycles. The summed E-state index contributed by atoms with van der Waals surface area (Å²) in [6.07, 6.45) is -2.67. The van der Waals surface area contributed by atoms with Gasteiger partial charge in [-0.05, 0) is 32.6 Å². The van der Waals surface area contributed by atoms with Crippen molar-refractivity contribution in [2.75, 3.05) is 6.61 Å². The fraction of sp³-hybridized carbons (Fsp3) is 0.643. The first-order valence-electron chi connectivity index (χ1n) is 7.30. The summed E-state index contributed by atoms with van der Waals surface area (Å²) in [5, 5.41) is 12.5. The van der Waals surface area contributed by atoms with Gasteiger partial charge in [-0.15, -0.1) is 0 Å². The topological polar surface area (TPSA) is 81.4 Å². The Morgan fingerprint density at radius 3 is 2.43 bits per heavy atom.